The van der Waals surface area contributed by atoms with Gasteiger partial charge >= 0.3 is 0 Å². The summed E-state index contributed by atoms with van der Waals surface area (Å²) in [7, 11) is 2.08. The van der Waals surface area contributed by atoms with Crippen molar-refractivity contribution in [2.24, 2.45) is 0 Å². The fourth-order valence-electron chi connectivity index (χ4n) is 1.71. The molecule has 0 bridgehead atoms. The SMILES string of the molecule is CCCNc1nnc(CN(C)Cc2ccncc2)s1. The van der Waals surface area contributed by atoms with Crippen molar-refractivity contribution in [2.75, 3.05) is 18.9 Å². The first-order valence-corrected chi connectivity index (χ1v) is 7.23. The van der Waals surface area contributed by atoms with Crippen LogP contribution in [0.1, 0.15) is 23.9 Å². The first kappa shape index (κ1) is 13.9. The van der Waals surface area contributed by atoms with Crippen LogP contribution in [0.5, 0.6) is 0 Å². The predicted octanol–water partition coefficient (Wildman–Crippen LogP) is 2.39. The van der Waals surface area contributed by atoms with Gasteiger partial charge in [-0.1, -0.05) is 18.3 Å². The molecule has 0 aliphatic heterocycles. The van der Waals surface area contributed by atoms with Crippen molar-refractivity contribution in [2.45, 2.75) is 26.4 Å². The average molecular weight is 277 g/mol. The summed E-state index contributed by atoms with van der Waals surface area (Å²) in [5.41, 5.74) is 1.26. The van der Waals surface area contributed by atoms with Gasteiger partial charge in [-0.3, -0.25) is 9.88 Å². The third-order valence-electron chi connectivity index (χ3n) is 2.60. The molecule has 0 radical (unpaired) electrons. The van der Waals surface area contributed by atoms with Crippen LogP contribution in [-0.2, 0) is 13.1 Å². The van der Waals surface area contributed by atoms with Gasteiger partial charge in [0.05, 0.1) is 6.54 Å². The Morgan fingerprint density at radius 3 is 2.74 bits per heavy atom. The van der Waals surface area contributed by atoms with Gasteiger partial charge in [0.15, 0.2) is 0 Å². The van der Waals surface area contributed by atoms with Crippen LogP contribution in [0.2, 0.25) is 0 Å². The molecule has 0 aromatic carbocycles. The lowest BCUT2D eigenvalue weighted by Crippen LogP contribution is -2.17. The Balaban J connectivity index is 1.85. The van der Waals surface area contributed by atoms with Crippen molar-refractivity contribution < 1.29 is 0 Å². The third kappa shape index (κ3) is 4.57. The molecule has 2 aromatic heterocycles. The van der Waals surface area contributed by atoms with E-state index in [9.17, 15) is 0 Å². The van der Waals surface area contributed by atoms with Crippen molar-refractivity contribution >= 4 is 16.5 Å². The maximum atomic E-state index is 4.20. The van der Waals surface area contributed by atoms with Crippen LogP contribution in [0, 0.1) is 0 Å². The van der Waals surface area contributed by atoms with Gasteiger partial charge in [0.2, 0.25) is 5.13 Å². The molecule has 0 unspecified atom stereocenters. The van der Waals surface area contributed by atoms with Crippen molar-refractivity contribution in [3.8, 4) is 0 Å². The van der Waals surface area contributed by atoms with E-state index < -0.39 is 0 Å². The first-order chi connectivity index (χ1) is 9.28. The highest BCUT2D eigenvalue weighted by Gasteiger charge is 2.07. The summed E-state index contributed by atoms with van der Waals surface area (Å²) in [6, 6.07) is 4.07. The monoisotopic (exact) mass is 277 g/mol. The minimum Gasteiger partial charge on any atom is -0.360 e. The normalized spacial score (nSPS) is 10.9. The van der Waals surface area contributed by atoms with Crippen molar-refractivity contribution in [1.82, 2.24) is 20.1 Å². The van der Waals surface area contributed by atoms with Crippen LogP contribution < -0.4 is 5.32 Å². The lowest BCUT2D eigenvalue weighted by molar-refractivity contribution is 0.317. The quantitative estimate of drug-likeness (QED) is 0.842. The van der Waals surface area contributed by atoms with E-state index in [0.717, 1.165) is 36.2 Å². The Hall–Kier alpha value is -1.53. The van der Waals surface area contributed by atoms with E-state index in [1.54, 1.807) is 11.3 Å². The Kier molecular flexibility index (Phi) is 5.23. The van der Waals surface area contributed by atoms with Crippen molar-refractivity contribution in [1.29, 1.82) is 0 Å². The summed E-state index contributed by atoms with van der Waals surface area (Å²) in [6.07, 6.45) is 4.73. The Labute approximate surface area is 117 Å². The molecular formula is C13H19N5S. The molecule has 0 atom stereocenters. The van der Waals surface area contributed by atoms with Gasteiger partial charge in [0, 0.05) is 25.5 Å². The van der Waals surface area contributed by atoms with E-state index in [-0.39, 0.29) is 0 Å². The number of hydrogen-bond acceptors (Lipinski definition) is 6. The summed E-state index contributed by atoms with van der Waals surface area (Å²) < 4.78 is 0. The van der Waals surface area contributed by atoms with Gasteiger partial charge < -0.3 is 5.32 Å². The average Bonchev–Trinajstić information content (AvgIpc) is 2.85. The number of pyridine rings is 1. The molecule has 0 spiro atoms. The van der Waals surface area contributed by atoms with Crippen LogP contribution in [0.3, 0.4) is 0 Å². The fraction of sp³-hybridized carbons (Fsp3) is 0.462. The highest BCUT2D eigenvalue weighted by molar-refractivity contribution is 7.15. The maximum Gasteiger partial charge on any atom is 0.205 e. The highest BCUT2D eigenvalue weighted by atomic mass is 32.1. The summed E-state index contributed by atoms with van der Waals surface area (Å²) >= 11 is 1.62. The smallest absolute Gasteiger partial charge is 0.205 e. The standard InChI is InChI=1S/C13H19N5S/c1-3-6-15-13-17-16-12(19-13)10-18(2)9-11-4-7-14-8-5-11/h4-5,7-8H,3,6,9-10H2,1-2H3,(H,15,17). The summed E-state index contributed by atoms with van der Waals surface area (Å²) in [4.78, 5) is 6.24. The molecule has 0 aliphatic carbocycles. The molecular weight excluding hydrogens is 258 g/mol. The number of nitrogens with zero attached hydrogens (tertiary/aromatic N) is 4. The van der Waals surface area contributed by atoms with Crippen LogP contribution >= 0.6 is 11.3 Å². The van der Waals surface area contributed by atoms with Crippen LogP contribution in [0.15, 0.2) is 24.5 Å². The van der Waals surface area contributed by atoms with E-state index in [2.05, 4.69) is 39.4 Å². The minimum absolute atomic E-state index is 0.813. The van der Waals surface area contributed by atoms with Gasteiger partial charge in [-0.05, 0) is 31.2 Å². The molecule has 6 heteroatoms. The van der Waals surface area contributed by atoms with E-state index in [4.69, 9.17) is 0 Å². The molecule has 0 saturated heterocycles. The van der Waals surface area contributed by atoms with Crippen molar-refractivity contribution in [3.63, 3.8) is 0 Å². The molecule has 5 nitrogen and oxygen atoms in total. The van der Waals surface area contributed by atoms with Gasteiger partial charge in [-0.15, -0.1) is 10.2 Å². The van der Waals surface area contributed by atoms with Gasteiger partial charge in [0.1, 0.15) is 5.01 Å². The second-order valence-corrected chi connectivity index (χ2v) is 5.52. The summed E-state index contributed by atoms with van der Waals surface area (Å²) in [5, 5.41) is 13.5. The fourth-order valence-corrected chi connectivity index (χ4v) is 2.55. The van der Waals surface area contributed by atoms with Crippen molar-refractivity contribution in [3.05, 3.63) is 35.1 Å². The van der Waals surface area contributed by atoms with E-state index in [1.165, 1.54) is 5.56 Å². The second kappa shape index (κ2) is 7.16. The molecule has 2 aromatic rings. The molecule has 0 aliphatic rings. The molecule has 19 heavy (non-hydrogen) atoms. The summed E-state index contributed by atoms with van der Waals surface area (Å²) in [5.74, 6) is 0. The second-order valence-electron chi connectivity index (χ2n) is 4.46. The van der Waals surface area contributed by atoms with E-state index in [0.29, 0.717) is 0 Å². The van der Waals surface area contributed by atoms with Gasteiger partial charge in [0.25, 0.3) is 0 Å². The lowest BCUT2D eigenvalue weighted by atomic mass is 10.2. The van der Waals surface area contributed by atoms with E-state index >= 15 is 0 Å². The maximum absolute atomic E-state index is 4.20. The minimum atomic E-state index is 0.813. The Morgan fingerprint density at radius 1 is 1.21 bits per heavy atom. The zero-order valence-corrected chi connectivity index (χ0v) is 12.2. The topological polar surface area (TPSA) is 53.9 Å². The molecule has 2 heterocycles. The molecule has 102 valence electrons. The molecule has 0 saturated carbocycles. The summed E-state index contributed by atoms with van der Waals surface area (Å²) in [6.45, 7) is 4.78. The number of hydrogen-bond donors (Lipinski definition) is 1. The van der Waals surface area contributed by atoms with Gasteiger partial charge in [-0.2, -0.15) is 0 Å². The van der Waals surface area contributed by atoms with E-state index in [1.807, 2.05) is 24.5 Å². The molecule has 2 rings (SSSR count). The highest BCUT2D eigenvalue weighted by Crippen LogP contribution is 2.17. The van der Waals surface area contributed by atoms with Gasteiger partial charge in [-0.25, -0.2) is 0 Å². The number of anilines is 1. The third-order valence-corrected chi connectivity index (χ3v) is 3.47. The molecule has 1 N–H and O–H groups in total. The zero-order valence-electron chi connectivity index (χ0n) is 11.3. The predicted molar refractivity (Wildman–Crippen MR) is 78.1 cm³/mol. The van der Waals surface area contributed by atoms with Crippen LogP contribution in [-0.4, -0.2) is 33.7 Å². The molecule has 0 amide bonds. The zero-order chi connectivity index (χ0) is 13.5. The Bertz CT molecular complexity index is 485. The molecule has 0 fully saturated rings. The first-order valence-electron chi connectivity index (χ1n) is 6.41. The largest absolute Gasteiger partial charge is 0.360 e. The number of rotatable bonds is 7. The number of nitrogens with one attached hydrogen (secondary N) is 1. The van der Waals surface area contributed by atoms with Crippen LogP contribution in [0.4, 0.5) is 5.13 Å². The van der Waals surface area contributed by atoms with Crippen LogP contribution in [0.25, 0.3) is 0 Å². The number of aromatic nitrogens is 3. The Morgan fingerprint density at radius 2 is 2.00 bits per heavy atom. The lowest BCUT2D eigenvalue weighted by Gasteiger charge is -2.14.